The lowest BCUT2D eigenvalue weighted by Crippen LogP contribution is -2.45. The van der Waals surface area contributed by atoms with Crippen LogP contribution in [-0.4, -0.2) is 12.1 Å². The first-order chi connectivity index (χ1) is 8.31. The molecule has 2 aliphatic carbocycles. The van der Waals surface area contributed by atoms with Gasteiger partial charge in [-0.05, 0) is 38.0 Å². The van der Waals surface area contributed by atoms with Crippen molar-refractivity contribution in [1.82, 2.24) is 5.32 Å². The zero-order valence-electron chi connectivity index (χ0n) is 11.9. The van der Waals surface area contributed by atoms with E-state index in [1.54, 1.807) is 0 Å². The summed E-state index contributed by atoms with van der Waals surface area (Å²) in [7, 11) is 0. The third-order valence-electron chi connectivity index (χ3n) is 5.19. The van der Waals surface area contributed by atoms with E-state index >= 15 is 0 Å². The molecular formula is C16H31N. The molecule has 3 unspecified atom stereocenters. The van der Waals surface area contributed by atoms with Crippen molar-refractivity contribution >= 4 is 0 Å². The molecule has 3 atom stereocenters. The van der Waals surface area contributed by atoms with Crippen LogP contribution in [0.25, 0.3) is 0 Å². The molecule has 0 amide bonds. The summed E-state index contributed by atoms with van der Waals surface area (Å²) in [6.45, 7) is 4.66. The smallest absolute Gasteiger partial charge is 0.0100 e. The highest BCUT2D eigenvalue weighted by molar-refractivity contribution is 4.87. The van der Waals surface area contributed by atoms with Crippen LogP contribution in [0.5, 0.6) is 0 Å². The van der Waals surface area contributed by atoms with Gasteiger partial charge in [0.1, 0.15) is 0 Å². The molecule has 2 rings (SSSR count). The Hall–Kier alpha value is -0.0400. The Morgan fingerprint density at radius 1 is 0.941 bits per heavy atom. The zero-order valence-corrected chi connectivity index (χ0v) is 11.9. The average molecular weight is 237 g/mol. The molecule has 0 heterocycles. The number of hydrogen-bond acceptors (Lipinski definition) is 1. The van der Waals surface area contributed by atoms with Gasteiger partial charge in [-0.2, -0.15) is 0 Å². The minimum absolute atomic E-state index is 0.712. The Labute approximate surface area is 108 Å². The molecule has 1 N–H and O–H groups in total. The lowest BCUT2D eigenvalue weighted by molar-refractivity contribution is 0.143. The van der Waals surface area contributed by atoms with Gasteiger partial charge in [0.05, 0.1) is 0 Å². The van der Waals surface area contributed by atoms with E-state index < -0.39 is 0 Å². The number of nitrogens with one attached hydrogen (secondary N) is 1. The highest BCUT2D eigenvalue weighted by Crippen LogP contribution is 2.38. The summed E-state index contributed by atoms with van der Waals surface area (Å²) in [6, 6.07) is 1.55. The second-order valence-corrected chi connectivity index (χ2v) is 6.43. The van der Waals surface area contributed by atoms with Crippen LogP contribution in [0.3, 0.4) is 0 Å². The molecule has 0 aliphatic heterocycles. The van der Waals surface area contributed by atoms with E-state index in [1.807, 2.05) is 0 Å². The lowest BCUT2D eigenvalue weighted by Gasteiger charge is -2.40. The largest absolute Gasteiger partial charge is 0.311 e. The van der Waals surface area contributed by atoms with E-state index in [9.17, 15) is 0 Å². The Morgan fingerprint density at radius 3 is 2.29 bits per heavy atom. The maximum absolute atomic E-state index is 3.92. The van der Waals surface area contributed by atoms with Crippen LogP contribution in [0.1, 0.15) is 78.1 Å². The van der Waals surface area contributed by atoms with Gasteiger partial charge in [0, 0.05) is 12.1 Å². The Morgan fingerprint density at radius 2 is 1.59 bits per heavy atom. The van der Waals surface area contributed by atoms with Crippen LogP contribution in [0, 0.1) is 11.8 Å². The second kappa shape index (κ2) is 6.78. The highest BCUT2D eigenvalue weighted by Gasteiger charge is 2.32. The number of hydrogen-bond donors (Lipinski definition) is 1. The molecule has 17 heavy (non-hydrogen) atoms. The van der Waals surface area contributed by atoms with Gasteiger partial charge in [0.2, 0.25) is 0 Å². The molecular weight excluding hydrogens is 206 g/mol. The molecule has 1 nitrogen and oxygen atoms in total. The van der Waals surface area contributed by atoms with Crippen molar-refractivity contribution < 1.29 is 0 Å². The van der Waals surface area contributed by atoms with E-state index in [0.29, 0.717) is 6.04 Å². The molecule has 2 aliphatic rings. The molecule has 0 aromatic carbocycles. The second-order valence-electron chi connectivity index (χ2n) is 6.43. The first kappa shape index (κ1) is 13.4. The van der Waals surface area contributed by atoms with Crippen molar-refractivity contribution in [3.05, 3.63) is 0 Å². The van der Waals surface area contributed by atoms with E-state index in [-0.39, 0.29) is 0 Å². The van der Waals surface area contributed by atoms with Crippen LogP contribution in [0.15, 0.2) is 0 Å². The molecule has 0 radical (unpaired) electrons. The summed E-state index contributed by atoms with van der Waals surface area (Å²) in [5.74, 6) is 2.05. The van der Waals surface area contributed by atoms with Crippen molar-refractivity contribution in [3.63, 3.8) is 0 Å². The van der Waals surface area contributed by atoms with Crippen LogP contribution in [0.4, 0.5) is 0 Å². The molecule has 1 heteroatoms. The summed E-state index contributed by atoms with van der Waals surface area (Å²) < 4.78 is 0. The van der Waals surface area contributed by atoms with Crippen molar-refractivity contribution in [2.75, 3.05) is 0 Å². The lowest BCUT2D eigenvalue weighted by atomic mass is 9.71. The van der Waals surface area contributed by atoms with Gasteiger partial charge < -0.3 is 5.32 Å². The predicted molar refractivity (Wildman–Crippen MR) is 75.2 cm³/mol. The molecule has 0 aromatic rings. The van der Waals surface area contributed by atoms with Crippen molar-refractivity contribution in [2.45, 2.75) is 90.1 Å². The summed E-state index contributed by atoms with van der Waals surface area (Å²) in [5.41, 5.74) is 0. The van der Waals surface area contributed by atoms with Gasteiger partial charge in [-0.1, -0.05) is 51.9 Å². The maximum Gasteiger partial charge on any atom is 0.0100 e. The molecule has 0 saturated heterocycles. The van der Waals surface area contributed by atoms with Crippen LogP contribution in [-0.2, 0) is 0 Å². The third kappa shape index (κ3) is 3.71. The summed E-state index contributed by atoms with van der Waals surface area (Å²) in [5, 5.41) is 3.92. The Kier molecular flexibility index (Phi) is 5.34. The molecule has 0 bridgehead atoms. The van der Waals surface area contributed by atoms with E-state index in [2.05, 4.69) is 19.2 Å². The topological polar surface area (TPSA) is 12.0 Å². The third-order valence-corrected chi connectivity index (χ3v) is 5.19. The first-order valence-corrected chi connectivity index (χ1v) is 8.07. The Bertz CT molecular complexity index is 208. The van der Waals surface area contributed by atoms with Gasteiger partial charge in [0.15, 0.2) is 0 Å². The molecule has 2 saturated carbocycles. The van der Waals surface area contributed by atoms with Gasteiger partial charge in [-0.3, -0.25) is 0 Å². The minimum Gasteiger partial charge on any atom is -0.311 e. The first-order valence-electron chi connectivity index (χ1n) is 8.07. The van der Waals surface area contributed by atoms with Gasteiger partial charge >= 0.3 is 0 Å². The van der Waals surface area contributed by atoms with Crippen LogP contribution in [0.2, 0.25) is 0 Å². The monoisotopic (exact) mass is 237 g/mol. The fourth-order valence-electron chi connectivity index (χ4n) is 3.98. The number of rotatable bonds is 4. The SMILES string of the molecule is CCC(C)NC1CCCCC1C1CCCCC1. The quantitative estimate of drug-likeness (QED) is 0.758. The molecule has 2 fully saturated rings. The van der Waals surface area contributed by atoms with Gasteiger partial charge in [0.25, 0.3) is 0 Å². The maximum atomic E-state index is 3.92. The normalized spacial score (nSPS) is 33.5. The van der Waals surface area contributed by atoms with Crippen molar-refractivity contribution in [3.8, 4) is 0 Å². The standard InChI is InChI=1S/C16H31N/c1-3-13(2)17-16-12-8-7-11-15(16)14-9-5-4-6-10-14/h13-17H,3-12H2,1-2H3. The van der Waals surface area contributed by atoms with Crippen LogP contribution < -0.4 is 5.32 Å². The fraction of sp³-hybridized carbons (Fsp3) is 1.00. The average Bonchev–Trinajstić information content (AvgIpc) is 2.40. The van der Waals surface area contributed by atoms with Crippen molar-refractivity contribution in [1.29, 1.82) is 0 Å². The van der Waals surface area contributed by atoms with Crippen LogP contribution >= 0.6 is 0 Å². The van der Waals surface area contributed by atoms with Gasteiger partial charge in [-0.25, -0.2) is 0 Å². The van der Waals surface area contributed by atoms with Gasteiger partial charge in [-0.15, -0.1) is 0 Å². The summed E-state index contributed by atoms with van der Waals surface area (Å²) in [6.07, 6.45) is 14.7. The zero-order chi connectivity index (χ0) is 12.1. The summed E-state index contributed by atoms with van der Waals surface area (Å²) in [4.78, 5) is 0. The minimum atomic E-state index is 0.712. The highest BCUT2D eigenvalue weighted by atomic mass is 15.0. The Balaban J connectivity index is 1.90. The molecule has 0 aromatic heterocycles. The van der Waals surface area contributed by atoms with E-state index in [1.165, 1.54) is 64.2 Å². The summed E-state index contributed by atoms with van der Waals surface area (Å²) >= 11 is 0. The predicted octanol–water partition coefficient (Wildman–Crippen LogP) is 4.51. The molecule has 100 valence electrons. The van der Waals surface area contributed by atoms with E-state index in [4.69, 9.17) is 0 Å². The fourth-order valence-corrected chi connectivity index (χ4v) is 3.98. The molecule has 0 spiro atoms. The van der Waals surface area contributed by atoms with Crippen molar-refractivity contribution in [2.24, 2.45) is 11.8 Å². The van der Waals surface area contributed by atoms with E-state index in [0.717, 1.165) is 17.9 Å².